The molecule has 0 radical (unpaired) electrons. The number of amides is 2. The molecule has 1 aromatic heterocycles. The number of hydrogen-bond donors (Lipinski definition) is 2. The van der Waals surface area contributed by atoms with Crippen LogP contribution in [0.1, 0.15) is 50.7 Å². The third-order valence-electron chi connectivity index (χ3n) is 4.41. The number of aromatic nitrogens is 2. The van der Waals surface area contributed by atoms with Gasteiger partial charge < -0.3 is 14.8 Å². The van der Waals surface area contributed by atoms with Gasteiger partial charge in [0.1, 0.15) is 17.2 Å². The number of urea groups is 1. The van der Waals surface area contributed by atoms with Gasteiger partial charge in [-0.3, -0.25) is 4.68 Å². The van der Waals surface area contributed by atoms with Crippen LogP contribution in [0.4, 0.5) is 14.9 Å². The van der Waals surface area contributed by atoms with E-state index in [0.717, 1.165) is 6.54 Å². The fourth-order valence-corrected chi connectivity index (χ4v) is 3.54. The third kappa shape index (κ3) is 6.45. The van der Waals surface area contributed by atoms with Crippen LogP contribution in [0.3, 0.4) is 0 Å². The summed E-state index contributed by atoms with van der Waals surface area (Å²) in [5.41, 5.74) is 1.95. The number of anilines is 1. The molecule has 0 spiro atoms. The van der Waals surface area contributed by atoms with Crippen molar-refractivity contribution in [3.8, 4) is 0 Å². The van der Waals surface area contributed by atoms with Crippen molar-refractivity contribution >= 4 is 23.1 Å². The molecule has 0 saturated heterocycles. The Morgan fingerprint density at radius 3 is 2.34 bits per heavy atom. The Hall–Kier alpha value is -2.10. The second-order valence-corrected chi connectivity index (χ2v) is 8.97. The number of nitrogens with one attached hydrogen (secondary N) is 2. The molecule has 0 fully saturated rings. The monoisotopic (exact) mass is 423 g/mol. The van der Waals surface area contributed by atoms with Crippen LogP contribution in [0, 0.1) is 5.82 Å². The fraction of sp³-hybridized carbons (Fsp3) is 0.500. The quantitative estimate of drug-likeness (QED) is 0.635. The average Bonchev–Trinajstić information content (AvgIpc) is 3.09. The predicted octanol–water partition coefficient (Wildman–Crippen LogP) is 3.67. The van der Waals surface area contributed by atoms with Crippen LogP contribution in [0.15, 0.2) is 29.4 Å². The first-order chi connectivity index (χ1) is 13.6. The molecule has 1 atom stereocenters. The molecule has 2 N–H and O–H groups in total. The first-order valence-electron chi connectivity index (χ1n) is 9.59. The number of benzene rings is 1. The molecule has 0 aliphatic rings. The highest BCUT2D eigenvalue weighted by molar-refractivity contribution is 7.90. The molecule has 1 aromatic carbocycles. The molecule has 7 nitrogen and oxygen atoms in total. The maximum absolute atomic E-state index is 14.0. The number of carbonyl (C=O) groups is 1. The van der Waals surface area contributed by atoms with Crippen LogP contribution >= 0.6 is 0 Å². The van der Waals surface area contributed by atoms with Crippen LogP contribution in [0.2, 0.25) is 0 Å². The number of likely N-dealkylation sites (N-methyl/N-ethyl adjacent to an activating group) is 1. The molecule has 0 saturated carbocycles. The van der Waals surface area contributed by atoms with E-state index >= 15 is 0 Å². The van der Waals surface area contributed by atoms with Crippen LogP contribution in [0.5, 0.6) is 0 Å². The average molecular weight is 424 g/mol. The molecule has 0 bridgehead atoms. The van der Waals surface area contributed by atoms with Gasteiger partial charge in [0, 0.05) is 24.5 Å². The van der Waals surface area contributed by atoms with Crippen LogP contribution in [0.25, 0.3) is 0 Å². The van der Waals surface area contributed by atoms with Crippen molar-refractivity contribution in [2.45, 2.75) is 51.1 Å². The molecule has 0 aliphatic carbocycles. The van der Waals surface area contributed by atoms with Crippen molar-refractivity contribution in [3.05, 3.63) is 41.3 Å². The van der Waals surface area contributed by atoms with Crippen LogP contribution < -0.4 is 10.0 Å². The van der Waals surface area contributed by atoms with Crippen molar-refractivity contribution in [1.29, 1.82) is 0 Å². The Kier molecular flexibility index (Phi) is 8.06. The second kappa shape index (κ2) is 10.1. The lowest BCUT2D eigenvalue weighted by atomic mass is 9.92. The SMILES string of the molecule is CC(C)c1cc(F)cc(C(C)C)c1NC(=O)N[S+]([O-])c1ccn(CCN(C)C)n1. The topological polar surface area (TPSA) is 85.2 Å². The molecule has 0 aliphatic heterocycles. The summed E-state index contributed by atoms with van der Waals surface area (Å²) in [5, 5.41) is 7.28. The van der Waals surface area contributed by atoms with E-state index in [-0.39, 0.29) is 22.7 Å². The fourth-order valence-electron chi connectivity index (χ4n) is 2.85. The van der Waals surface area contributed by atoms with E-state index in [9.17, 15) is 13.7 Å². The highest BCUT2D eigenvalue weighted by atomic mass is 32.2. The lowest BCUT2D eigenvalue weighted by Crippen LogP contribution is -2.35. The Labute approximate surface area is 175 Å². The summed E-state index contributed by atoms with van der Waals surface area (Å²) in [6.07, 6.45) is 1.73. The van der Waals surface area contributed by atoms with Gasteiger partial charge in [-0.05, 0) is 49.2 Å². The molecular formula is C20H30FN5O2S. The van der Waals surface area contributed by atoms with Gasteiger partial charge in [-0.25, -0.2) is 9.18 Å². The second-order valence-electron chi connectivity index (χ2n) is 7.81. The Morgan fingerprint density at radius 2 is 1.83 bits per heavy atom. The number of carbonyl (C=O) groups excluding carboxylic acids is 1. The van der Waals surface area contributed by atoms with Gasteiger partial charge in [0.15, 0.2) is 0 Å². The standard InChI is InChI=1S/C20H30FN5O2S/c1-13(2)16-11-15(21)12-17(14(3)4)19(16)22-20(27)24-29(28)18-7-8-26(23-18)10-9-25(5)6/h7-8,11-14H,9-10H2,1-6H3,(H2,22,24,27). The molecule has 1 heterocycles. The number of rotatable bonds is 8. The van der Waals surface area contributed by atoms with Crippen LogP contribution in [-0.2, 0) is 17.9 Å². The highest BCUT2D eigenvalue weighted by Crippen LogP contribution is 2.33. The summed E-state index contributed by atoms with van der Waals surface area (Å²) in [7, 11) is 3.92. The van der Waals surface area contributed by atoms with E-state index in [2.05, 4.69) is 15.1 Å². The predicted molar refractivity (Wildman–Crippen MR) is 114 cm³/mol. The van der Waals surface area contributed by atoms with E-state index in [1.54, 1.807) is 16.9 Å². The van der Waals surface area contributed by atoms with E-state index in [1.807, 2.05) is 46.7 Å². The van der Waals surface area contributed by atoms with Crippen molar-refractivity contribution < 1.29 is 13.7 Å². The van der Waals surface area contributed by atoms with Gasteiger partial charge in [0.2, 0.25) is 0 Å². The summed E-state index contributed by atoms with van der Waals surface area (Å²) in [5.74, 6) is -0.317. The van der Waals surface area contributed by atoms with Gasteiger partial charge in [0.05, 0.1) is 6.54 Å². The summed E-state index contributed by atoms with van der Waals surface area (Å²) in [4.78, 5) is 14.5. The largest absolute Gasteiger partial charge is 0.586 e. The molecule has 2 rings (SSSR count). The first-order valence-corrected chi connectivity index (χ1v) is 10.7. The van der Waals surface area contributed by atoms with Crippen molar-refractivity contribution in [2.24, 2.45) is 0 Å². The van der Waals surface area contributed by atoms with Gasteiger partial charge in [-0.15, -0.1) is 9.82 Å². The van der Waals surface area contributed by atoms with Gasteiger partial charge in [-0.2, -0.15) is 0 Å². The molecule has 29 heavy (non-hydrogen) atoms. The Morgan fingerprint density at radius 1 is 1.24 bits per heavy atom. The normalized spacial score (nSPS) is 12.7. The summed E-state index contributed by atoms with van der Waals surface area (Å²) in [6.45, 7) is 9.17. The molecule has 160 valence electrons. The first kappa shape index (κ1) is 23.2. The van der Waals surface area contributed by atoms with E-state index in [0.29, 0.717) is 23.4 Å². The zero-order valence-corrected chi connectivity index (χ0v) is 18.6. The Bertz CT molecular complexity index is 809. The van der Waals surface area contributed by atoms with E-state index < -0.39 is 17.4 Å². The molecular weight excluding hydrogens is 393 g/mol. The minimum absolute atomic E-state index is 0.0105. The summed E-state index contributed by atoms with van der Waals surface area (Å²) < 4.78 is 30.6. The smallest absolute Gasteiger partial charge is 0.361 e. The molecule has 1 unspecified atom stereocenters. The maximum Gasteiger partial charge on any atom is 0.361 e. The number of hydrogen-bond acceptors (Lipinski definition) is 4. The highest BCUT2D eigenvalue weighted by Gasteiger charge is 2.22. The number of nitrogens with zero attached hydrogens (tertiary/aromatic N) is 3. The minimum atomic E-state index is -1.80. The van der Waals surface area contributed by atoms with E-state index in [4.69, 9.17) is 0 Å². The zero-order valence-electron chi connectivity index (χ0n) is 17.8. The zero-order chi connectivity index (χ0) is 21.7. The van der Waals surface area contributed by atoms with Gasteiger partial charge in [0.25, 0.3) is 5.03 Å². The molecule has 2 amide bonds. The van der Waals surface area contributed by atoms with Crippen molar-refractivity contribution in [3.63, 3.8) is 0 Å². The minimum Gasteiger partial charge on any atom is -0.586 e. The lowest BCUT2D eigenvalue weighted by molar-refractivity contribution is 0.256. The van der Waals surface area contributed by atoms with Crippen molar-refractivity contribution in [2.75, 3.05) is 26.0 Å². The van der Waals surface area contributed by atoms with Gasteiger partial charge in [-0.1, -0.05) is 27.7 Å². The summed E-state index contributed by atoms with van der Waals surface area (Å²) in [6, 6.07) is 3.84. The molecule has 9 heteroatoms. The third-order valence-corrected chi connectivity index (χ3v) is 5.38. The lowest BCUT2D eigenvalue weighted by Gasteiger charge is -2.20. The molecule has 2 aromatic rings. The van der Waals surface area contributed by atoms with E-state index in [1.165, 1.54) is 12.1 Å². The van der Waals surface area contributed by atoms with Crippen LogP contribution in [-0.4, -0.2) is 45.9 Å². The summed E-state index contributed by atoms with van der Waals surface area (Å²) >= 11 is -1.80. The van der Waals surface area contributed by atoms with Crippen molar-refractivity contribution in [1.82, 2.24) is 19.4 Å². The number of halogens is 1. The van der Waals surface area contributed by atoms with Gasteiger partial charge >= 0.3 is 6.03 Å². The Balaban J connectivity index is 2.12. The maximum atomic E-state index is 14.0.